The van der Waals surface area contributed by atoms with Crippen LogP contribution >= 0.6 is 0 Å². The fourth-order valence-electron chi connectivity index (χ4n) is 1.23. The predicted molar refractivity (Wildman–Crippen MR) is 60.3 cm³/mol. The van der Waals surface area contributed by atoms with Crippen molar-refractivity contribution in [1.82, 2.24) is 4.90 Å². The Balaban J connectivity index is 2.69. The van der Waals surface area contributed by atoms with E-state index in [1.165, 1.54) is 12.1 Å². The van der Waals surface area contributed by atoms with Crippen molar-refractivity contribution in [3.05, 3.63) is 35.4 Å². The molecule has 0 radical (unpaired) electrons. The van der Waals surface area contributed by atoms with Crippen molar-refractivity contribution < 1.29 is 22.7 Å². The monoisotopic (exact) mass is 261 g/mol. The molecule has 0 N–H and O–H groups in total. The minimum Gasteiger partial charge on any atom is -0.461 e. The van der Waals surface area contributed by atoms with E-state index in [4.69, 9.17) is 4.74 Å². The first-order valence-corrected chi connectivity index (χ1v) is 5.30. The summed E-state index contributed by atoms with van der Waals surface area (Å²) < 4.78 is 42.1. The molecule has 0 unspecified atom stereocenters. The first kappa shape index (κ1) is 14.5. The van der Waals surface area contributed by atoms with Crippen molar-refractivity contribution in [2.75, 3.05) is 27.2 Å². The first-order valence-electron chi connectivity index (χ1n) is 5.30. The van der Waals surface area contributed by atoms with Gasteiger partial charge in [-0.25, -0.2) is 4.79 Å². The Labute approximate surface area is 103 Å². The number of halogens is 3. The summed E-state index contributed by atoms with van der Waals surface area (Å²) in [6, 6.07) is 4.19. The van der Waals surface area contributed by atoms with Crippen LogP contribution < -0.4 is 0 Å². The average molecular weight is 261 g/mol. The maximum Gasteiger partial charge on any atom is 0.416 e. The number of hydrogen-bond acceptors (Lipinski definition) is 3. The predicted octanol–water partition coefficient (Wildman–Crippen LogP) is 2.42. The van der Waals surface area contributed by atoms with Crippen molar-refractivity contribution >= 4 is 5.97 Å². The van der Waals surface area contributed by atoms with Crippen molar-refractivity contribution in [3.63, 3.8) is 0 Å². The van der Waals surface area contributed by atoms with Crippen LogP contribution in [-0.2, 0) is 10.9 Å². The summed E-state index contributed by atoms with van der Waals surface area (Å²) in [6.45, 7) is 0.660. The highest BCUT2D eigenvalue weighted by Gasteiger charge is 2.31. The van der Waals surface area contributed by atoms with Crippen LogP contribution in [0, 0.1) is 0 Å². The summed E-state index contributed by atoms with van der Waals surface area (Å²) in [5.41, 5.74) is -0.951. The lowest BCUT2D eigenvalue weighted by molar-refractivity contribution is -0.137. The largest absolute Gasteiger partial charge is 0.461 e. The van der Waals surface area contributed by atoms with Gasteiger partial charge in [-0.05, 0) is 32.3 Å². The maximum atomic E-state index is 12.4. The summed E-state index contributed by atoms with van der Waals surface area (Å²) in [7, 11) is 3.61. The summed E-state index contributed by atoms with van der Waals surface area (Å²) in [5, 5.41) is 0. The number of esters is 1. The van der Waals surface area contributed by atoms with Crippen LogP contribution in [0.15, 0.2) is 24.3 Å². The zero-order chi connectivity index (χ0) is 13.8. The van der Waals surface area contributed by atoms with Crippen molar-refractivity contribution in [3.8, 4) is 0 Å². The topological polar surface area (TPSA) is 29.5 Å². The smallest absolute Gasteiger partial charge is 0.416 e. The molecule has 100 valence electrons. The highest BCUT2D eigenvalue weighted by molar-refractivity contribution is 5.89. The van der Waals surface area contributed by atoms with Crippen molar-refractivity contribution in [2.45, 2.75) is 6.18 Å². The zero-order valence-corrected chi connectivity index (χ0v) is 10.1. The van der Waals surface area contributed by atoms with Gasteiger partial charge in [0.25, 0.3) is 0 Å². The van der Waals surface area contributed by atoms with Gasteiger partial charge in [-0.2, -0.15) is 13.2 Å². The second-order valence-electron chi connectivity index (χ2n) is 4.02. The van der Waals surface area contributed by atoms with E-state index >= 15 is 0 Å². The molecular formula is C12H14F3NO2. The molecule has 1 aromatic carbocycles. The van der Waals surface area contributed by atoms with Crippen LogP contribution in [0.3, 0.4) is 0 Å². The lowest BCUT2D eigenvalue weighted by Gasteiger charge is -2.11. The van der Waals surface area contributed by atoms with Gasteiger partial charge >= 0.3 is 12.1 Å². The lowest BCUT2D eigenvalue weighted by Crippen LogP contribution is -2.20. The van der Waals surface area contributed by atoms with Crippen LogP contribution in [0.5, 0.6) is 0 Å². The number of rotatable bonds is 4. The van der Waals surface area contributed by atoms with Crippen molar-refractivity contribution in [2.24, 2.45) is 0 Å². The maximum absolute atomic E-state index is 12.4. The number of carbonyl (C=O) groups excluding carboxylic acids is 1. The number of carbonyl (C=O) groups is 1. The highest BCUT2D eigenvalue weighted by atomic mass is 19.4. The van der Waals surface area contributed by atoms with Gasteiger partial charge in [0.05, 0.1) is 11.1 Å². The molecule has 0 aromatic heterocycles. The molecule has 0 atom stereocenters. The molecule has 0 aliphatic carbocycles. The second kappa shape index (κ2) is 5.86. The SMILES string of the molecule is CN(C)CCOC(=O)c1cccc(C(F)(F)F)c1. The van der Waals surface area contributed by atoms with E-state index in [9.17, 15) is 18.0 Å². The van der Waals surface area contributed by atoms with E-state index in [0.717, 1.165) is 12.1 Å². The van der Waals surface area contributed by atoms with Crippen molar-refractivity contribution in [1.29, 1.82) is 0 Å². The molecular weight excluding hydrogens is 247 g/mol. The number of ether oxygens (including phenoxy) is 1. The molecule has 18 heavy (non-hydrogen) atoms. The van der Waals surface area contributed by atoms with E-state index in [1.54, 1.807) is 19.0 Å². The van der Waals surface area contributed by atoms with Gasteiger partial charge in [-0.15, -0.1) is 0 Å². The molecule has 0 saturated carbocycles. The molecule has 0 spiro atoms. The van der Waals surface area contributed by atoms with E-state index < -0.39 is 17.7 Å². The van der Waals surface area contributed by atoms with Gasteiger partial charge in [0.2, 0.25) is 0 Å². The molecule has 0 aliphatic rings. The molecule has 0 saturated heterocycles. The van der Waals surface area contributed by atoms with Crippen LogP contribution in [0.4, 0.5) is 13.2 Å². The van der Waals surface area contributed by atoms with Gasteiger partial charge in [-0.1, -0.05) is 6.07 Å². The Bertz CT molecular complexity index is 416. The number of benzene rings is 1. The Morgan fingerprint density at radius 3 is 2.56 bits per heavy atom. The Hall–Kier alpha value is -1.56. The van der Waals surface area contributed by atoms with Crippen LogP contribution in [-0.4, -0.2) is 38.1 Å². The lowest BCUT2D eigenvalue weighted by atomic mass is 10.1. The standard InChI is InChI=1S/C12H14F3NO2/c1-16(2)6-7-18-11(17)9-4-3-5-10(8-9)12(13,14)15/h3-5,8H,6-7H2,1-2H3. The van der Waals surface area contributed by atoms with Crippen LogP contribution in [0.2, 0.25) is 0 Å². The van der Waals surface area contributed by atoms with Gasteiger partial charge in [-0.3, -0.25) is 0 Å². The third kappa shape index (κ3) is 4.37. The number of hydrogen-bond donors (Lipinski definition) is 0. The zero-order valence-electron chi connectivity index (χ0n) is 10.1. The Morgan fingerprint density at radius 1 is 1.33 bits per heavy atom. The normalized spacial score (nSPS) is 11.7. The molecule has 6 heteroatoms. The molecule has 1 rings (SSSR count). The molecule has 0 heterocycles. The fraction of sp³-hybridized carbons (Fsp3) is 0.417. The van der Waals surface area contributed by atoms with E-state index in [0.29, 0.717) is 6.54 Å². The van der Waals surface area contributed by atoms with E-state index in [-0.39, 0.29) is 12.2 Å². The summed E-state index contributed by atoms with van der Waals surface area (Å²) in [6.07, 6.45) is -4.46. The van der Waals surface area contributed by atoms with E-state index in [2.05, 4.69) is 0 Å². The third-order valence-electron chi connectivity index (χ3n) is 2.20. The number of likely N-dealkylation sites (N-methyl/N-ethyl adjacent to an activating group) is 1. The van der Waals surface area contributed by atoms with Crippen LogP contribution in [0.25, 0.3) is 0 Å². The minimum absolute atomic E-state index is 0.0939. The molecule has 3 nitrogen and oxygen atoms in total. The third-order valence-corrected chi connectivity index (χ3v) is 2.20. The minimum atomic E-state index is -4.46. The first-order chi connectivity index (χ1) is 8.30. The van der Waals surface area contributed by atoms with Crippen LogP contribution in [0.1, 0.15) is 15.9 Å². The van der Waals surface area contributed by atoms with Gasteiger partial charge in [0.15, 0.2) is 0 Å². The summed E-state index contributed by atoms with van der Waals surface area (Å²) in [5.74, 6) is -0.747. The quantitative estimate of drug-likeness (QED) is 0.780. The molecule has 0 aliphatic heterocycles. The molecule has 1 aromatic rings. The van der Waals surface area contributed by atoms with Gasteiger partial charge < -0.3 is 9.64 Å². The molecule has 0 fully saturated rings. The van der Waals surface area contributed by atoms with Gasteiger partial charge in [0.1, 0.15) is 6.61 Å². The molecule has 0 bridgehead atoms. The number of nitrogens with zero attached hydrogens (tertiary/aromatic N) is 1. The average Bonchev–Trinajstić information content (AvgIpc) is 2.27. The van der Waals surface area contributed by atoms with Gasteiger partial charge in [0, 0.05) is 6.54 Å². The summed E-state index contributed by atoms with van der Waals surface area (Å²) >= 11 is 0. The summed E-state index contributed by atoms with van der Waals surface area (Å²) in [4.78, 5) is 13.3. The fourth-order valence-corrected chi connectivity index (χ4v) is 1.23. The second-order valence-corrected chi connectivity index (χ2v) is 4.02. The highest BCUT2D eigenvalue weighted by Crippen LogP contribution is 2.29. The Morgan fingerprint density at radius 2 is 2.00 bits per heavy atom. The molecule has 0 amide bonds. The Kier molecular flexibility index (Phi) is 4.72. The van der Waals surface area contributed by atoms with E-state index in [1.807, 2.05) is 0 Å². The number of alkyl halides is 3.